The molecule has 0 spiro atoms. The summed E-state index contributed by atoms with van der Waals surface area (Å²) in [5.74, 6) is 1.51. The third kappa shape index (κ3) is 2.09. The number of methoxy groups -OCH3 is 1. The molecular formula is C12H21N3O2. The number of nitrogens with zero attached hydrogens (tertiary/aromatic N) is 2. The zero-order chi connectivity index (χ0) is 12.5. The molecule has 1 fully saturated rings. The molecule has 2 rings (SSSR count). The zero-order valence-corrected chi connectivity index (χ0v) is 10.8. The maximum absolute atomic E-state index is 6.07. The fourth-order valence-corrected chi connectivity index (χ4v) is 2.07. The highest BCUT2D eigenvalue weighted by atomic mass is 16.5. The molecule has 96 valence electrons. The van der Waals surface area contributed by atoms with E-state index in [0.29, 0.717) is 17.6 Å². The summed E-state index contributed by atoms with van der Waals surface area (Å²) in [5, 5.41) is 4.03. The topological polar surface area (TPSA) is 74.2 Å². The minimum atomic E-state index is -0.322. The van der Waals surface area contributed by atoms with Crippen LogP contribution in [0.15, 0.2) is 4.52 Å². The molecule has 1 aromatic heterocycles. The molecule has 1 aromatic rings. The number of ether oxygens (including phenoxy) is 1. The molecule has 1 unspecified atom stereocenters. The van der Waals surface area contributed by atoms with Crippen molar-refractivity contribution in [1.29, 1.82) is 0 Å². The SMILES string of the molecule is CCC(C)[C@H](N)c1nc(C2(OC)CCC2)no1. The zero-order valence-electron chi connectivity index (χ0n) is 10.8. The molecule has 5 heteroatoms. The normalized spacial score (nSPS) is 21.9. The van der Waals surface area contributed by atoms with Crippen LogP contribution in [0.1, 0.15) is 57.3 Å². The van der Waals surface area contributed by atoms with E-state index in [4.69, 9.17) is 15.0 Å². The van der Waals surface area contributed by atoms with Crippen LogP contribution < -0.4 is 5.73 Å². The largest absolute Gasteiger partial charge is 0.370 e. The van der Waals surface area contributed by atoms with E-state index in [1.165, 1.54) is 0 Å². The Morgan fingerprint density at radius 3 is 2.71 bits per heavy atom. The summed E-state index contributed by atoms with van der Waals surface area (Å²) in [6, 6.07) is -0.185. The summed E-state index contributed by atoms with van der Waals surface area (Å²) in [4.78, 5) is 4.42. The molecule has 1 aliphatic carbocycles. The van der Waals surface area contributed by atoms with Gasteiger partial charge in [0, 0.05) is 7.11 Å². The average Bonchev–Trinajstić information content (AvgIpc) is 2.76. The number of hydrogen-bond donors (Lipinski definition) is 1. The predicted octanol–water partition coefficient (Wildman–Crippen LogP) is 2.14. The van der Waals surface area contributed by atoms with E-state index >= 15 is 0 Å². The van der Waals surface area contributed by atoms with Gasteiger partial charge in [-0.15, -0.1) is 0 Å². The molecule has 2 N–H and O–H groups in total. The van der Waals surface area contributed by atoms with Crippen LogP contribution in [0.2, 0.25) is 0 Å². The van der Waals surface area contributed by atoms with E-state index in [-0.39, 0.29) is 11.6 Å². The van der Waals surface area contributed by atoms with Gasteiger partial charge in [-0.25, -0.2) is 0 Å². The molecule has 1 heterocycles. The van der Waals surface area contributed by atoms with Crippen molar-refractivity contribution in [1.82, 2.24) is 10.1 Å². The first-order valence-corrected chi connectivity index (χ1v) is 6.28. The highest BCUT2D eigenvalue weighted by molar-refractivity contribution is 5.07. The Bertz CT molecular complexity index is 368. The highest BCUT2D eigenvalue weighted by Gasteiger charge is 2.43. The van der Waals surface area contributed by atoms with Gasteiger partial charge in [0.25, 0.3) is 0 Å². The quantitative estimate of drug-likeness (QED) is 0.852. The monoisotopic (exact) mass is 239 g/mol. The van der Waals surface area contributed by atoms with E-state index in [2.05, 4.69) is 24.0 Å². The number of nitrogens with two attached hydrogens (primary N) is 1. The van der Waals surface area contributed by atoms with E-state index < -0.39 is 0 Å². The van der Waals surface area contributed by atoms with Crippen LogP contribution in [0.5, 0.6) is 0 Å². The minimum absolute atomic E-state index is 0.185. The standard InChI is InChI=1S/C12H21N3O2/c1-4-8(2)9(13)10-14-11(15-17-10)12(16-3)6-5-7-12/h8-9H,4-7,13H2,1-3H3/t8?,9-/m0/s1. The fraction of sp³-hybridized carbons (Fsp3) is 0.833. The van der Waals surface area contributed by atoms with Gasteiger partial charge in [-0.05, 0) is 25.2 Å². The van der Waals surface area contributed by atoms with Crippen LogP contribution in [0.3, 0.4) is 0 Å². The summed E-state index contributed by atoms with van der Waals surface area (Å²) >= 11 is 0. The number of aromatic nitrogens is 2. The van der Waals surface area contributed by atoms with Gasteiger partial charge < -0.3 is 15.0 Å². The fourth-order valence-electron chi connectivity index (χ4n) is 2.07. The molecule has 0 amide bonds. The molecule has 5 nitrogen and oxygen atoms in total. The smallest absolute Gasteiger partial charge is 0.243 e. The van der Waals surface area contributed by atoms with Gasteiger partial charge >= 0.3 is 0 Å². The van der Waals surface area contributed by atoms with Gasteiger partial charge in [-0.2, -0.15) is 4.98 Å². The summed E-state index contributed by atoms with van der Waals surface area (Å²) in [6.07, 6.45) is 4.06. The summed E-state index contributed by atoms with van der Waals surface area (Å²) in [6.45, 7) is 4.19. The summed E-state index contributed by atoms with van der Waals surface area (Å²) < 4.78 is 10.8. The second kappa shape index (κ2) is 4.74. The molecular weight excluding hydrogens is 218 g/mol. The van der Waals surface area contributed by atoms with Gasteiger partial charge in [0.15, 0.2) is 0 Å². The Kier molecular flexibility index (Phi) is 3.49. The van der Waals surface area contributed by atoms with E-state index in [0.717, 1.165) is 25.7 Å². The van der Waals surface area contributed by atoms with Crippen LogP contribution in [0.4, 0.5) is 0 Å². The first kappa shape index (κ1) is 12.5. The van der Waals surface area contributed by atoms with Gasteiger partial charge in [-0.3, -0.25) is 0 Å². The Morgan fingerprint density at radius 1 is 1.53 bits per heavy atom. The van der Waals surface area contributed by atoms with Crippen molar-refractivity contribution >= 4 is 0 Å². The number of hydrogen-bond acceptors (Lipinski definition) is 5. The first-order valence-electron chi connectivity index (χ1n) is 6.28. The van der Waals surface area contributed by atoms with Gasteiger partial charge in [0.1, 0.15) is 5.60 Å². The lowest BCUT2D eigenvalue weighted by Gasteiger charge is -2.37. The second-order valence-corrected chi connectivity index (χ2v) is 4.92. The van der Waals surface area contributed by atoms with Crippen molar-refractivity contribution in [3.63, 3.8) is 0 Å². The lowest BCUT2D eigenvalue weighted by Crippen LogP contribution is -2.37. The Hall–Kier alpha value is -0.940. The molecule has 0 saturated heterocycles. The first-order chi connectivity index (χ1) is 8.13. The lowest BCUT2D eigenvalue weighted by molar-refractivity contribution is -0.0858. The predicted molar refractivity (Wildman–Crippen MR) is 63.2 cm³/mol. The molecule has 0 bridgehead atoms. The molecule has 1 saturated carbocycles. The van der Waals surface area contributed by atoms with Crippen molar-refractivity contribution in [2.75, 3.05) is 7.11 Å². The van der Waals surface area contributed by atoms with Gasteiger partial charge in [-0.1, -0.05) is 25.4 Å². The lowest BCUT2D eigenvalue weighted by atomic mass is 9.79. The van der Waals surface area contributed by atoms with Crippen LogP contribution in [-0.4, -0.2) is 17.3 Å². The van der Waals surface area contributed by atoms with Crippen molar-refractivity contribution in [3.05, 3.63) is 11.7 Å². The molecule has 1 aliphatic rings. The minimum Gasteiger partial charge on any atom is -0.370 e. The van der Waals surface area contributed by atoms with E-state index in [1.807, 2.05) is 0 Å². The molecule has 17 heavy (non-hydrogen) atoms. The van der Waals surface area contributed by atoms with Crippen molar-refractivity contribution in [3.8, 4) is 0 Å². The van der Waals surface area contributed by atoms with Crippen molar-refractivity contribution < 1.29 is 9.26 Å². The Morgan fingerprint density at radius 2 is 2.24 bits per heavy atom. The maximum Gasteiger partial charge on any atom is 0.243 e. The van der Waals surface area contributed by atoms with Crippen molar-refractivity contribution in [2.24, 2.45) is 11.7 Å². The van der Waals surface area contributed by atoms with Crippen LogP contribution in [-0.2, 0) is 10.3 Å². The van der Waals surface area contributed by atoms with Gasteiger partial charge in [0.05, 0.1) is 6.04 Å². The highest BCUT2D eigenvalue weighted by Crippen LogP contribution is 2.43. The van der Waals surface area contributed by atoms with Gasteiger partial charge in [0.2, 0.25) is 11.7 Å². The van der Waals surface area contributed by atoms with Crippen LogP contribution in [0.25, 0.3) is 0 Å². The Balaban J connectivity index is 2.15. The Labute approximate surface area is 102 Å². The third-order valence-electron chi connectivity index (χ3n) is 3.94. The maximum atomic E-state index is 6.07. The third-order valence-corrected chi connectivity index (χ3v) is 3.94. The van der Waals surface area contributed by atoms with Crippen molar-refractivity contribution in [2.45, 2.75) is 51.2 Å². The molecule has 0 radical (unpaired) electrons. The average molecular weight is 239 g/mol. The molecule has 0 aromatic carbocycles. The van der Waals surface area contributed by atoms with Crippen LogP contribution >= 0.6 is 0 Å². The van der Waals surface area contributed by atoms with Crippen LogP contribution in [0, 0.1) is 5.92 Å². The number of rotatable bonds is 5. The van der Waals surface area contributed by atoms with E-state index in [9.17, 15) is 0 Å². The summed E-state index contributed by atoms with van der Waals surface area (Å²) in [5.41, 5.74) is 5.75. The summed E-state index contributed by atoms with van der Waals surface area (Å²) in [7, 11) is 1.70. The molecule has 0 aliphatic heterocycles. The second-order valence-electron chi connectivity index (χ2n) is 4.92. The molecule has 2 atom stereocenters. The van der Waals surface area contributed by atoms with E-state index in [1.54, 1.807) is 7.11 Å².